The third-order valence-electron chi connectivity index (χ3n) is 3.61. The first kappa shape index (κ1) is 16.7. The Labute approximate surface area is 136 Å². The second-order valence-electron chi connectivity index (χ2n) is 5.00. The van der Waals surface area contributed by atoms with E-state index in [1.807, 2.05) is 31.2 Å². The molecule has 122 valence electrons. The monoisotopic (exact) mass is 315 g/mol. The lowest BCUT2D eigenvalue weighted by Gasteiger charge is -2.18. The lowest BCUT2D eigenvalue weighted by Crippen LogP contribution is -2.27. The summed E-state index contributed by atoms with van der Waals surface area (Å²) >= 11 is 0. The van der Waals surface area contributed by atoms with Crippen molar-refractivity contribution in [3.8, 4) is 17.2 Å². The van der Waals surface area contributed by atoms with Gasteiger partial charge in [0, 0.05) is 11.6 Å². The van der Waals surface area contributed by atoms with Gasteiger partial charge in [0.15, 0.2) is 0 Å². The van der Waals surface area contributed by atoms with E-state index in [4.69, 9.17) is 14.2 Å². The summed E-state index contributed by atoms with van der Waals surface area (Å²) in [6.45, 7) is 1.91. The smallest absolute Gasteiger partial charge is 0.255 e. The highest BCUT2D eigenvalue weighted by Gasteiger charge is 2.18. The minimum absolute atomic E-state index is 0.203. The van der Waals surface area contributed by atoms with Crippen LogP contribution in [-0.2, 0) is 0 Å². The minimum atomic E-state index is -0.220. The molecule has 1 N–H and O–H groups in total. The zero-order valence-corrected chi connectivity index (χ0v) is 13.8. The third-order valence-corrected chi connectivity index (χ3v) is 3.61. The van der Waals surface area contributed by atoms with Crippen LogP contribution < -0.4 is 19.5 Å². The summed E-state index contributed by atoms with van der Waals surface area (Å²) in [6.07, 6.45) is 0. The summed E-state index contributed by atoms with van der Waals surface area (Å²) in [5, 5.41) is 2.96. The molecule has 0 aliphatic heterocycles. The van der Waals surface area contributed by atoms with Gasteiger partial charge in [-0.3, -0.25) is 4.79 Å². The molecule has 0 aromatic heterocycles. The number of carbonyl (C=O) groups is 1. The predicted molar refractivity (Wildman–Crippen MR) is 88.4 cm³/mol. The average molecular weight is 315 g/mol. The van der Waals surface area contributed by atoms with Gasteiger partial charge in [-0.05, 0) is 25.1 Å². The molecule has 0 saturated carbocycles. The molecule has 0 heterocycles. The average Bonchev–Trinajstić information content (AvgIpc) is 2.60. The first-order valence-electron chi connectivity index (χ1n) is 7.26. The highest BCUT2D eigenvalue weighted by atomic mass is 16.5. The minimum Gasteiger partial charge on any atom is -0.497 e. The number of hydrogen-bond acceptors (Lipinski definition) is 4. The van der Waals surface area contributed by atoms with Crippen molar-refractivity contribution >= 4 is 5.91 Å². The second-order valence-corrected chi connectivity index (χ2v) is 5.00. The lowest BCUT2D eigenvalue weighted by atomic mass is 10.1. The molecular formula is C18H21NO4. The molecule has 0 fully saturated rings. The van der Waals surface area contributed by atoms with Gasteiger partial charge in [-0.2, -0.15) is 0 Å². The maximum absolute atomic E-state index is 12.5. The van der Waals surface area contributed by atoms with Crippen molar-refractivity contribution in [1.82, 2.24) is 5.32 Å². The van der Waals surface area contributed by atoms with Crippen molar-refractivity contribution in [1.29, 1.82) is 0 Å². The van der Waals surface area contributed by atoms with Gasteiger partial charge in [-0.1, -0.05) is 18.2 Å². The second kappa shape index (κ2) is 7.54. The summed E-state index contributed by atoms with van der Waals surface area (Å²) in [7, 11) is 4.70. The highest BCUT2D eigenvalue weighted by Crippen LogP contribution is 2.27. The summed E-state index contributed by atoms with van der Waals surface area (Å²) in [6, 6.07) is 12.5. The van der Waals surface area contributed by atoms with Crippen molar-refractivity contribution in [2.24, 2.45) is 0 Å². The van der Waals surface area contributed by atoms with E-state index in [9.17, 15) is 4.79 Å². The van der Waals surface area contributed by atoms with E-state index in [0.29, 0.717) is 17.1 Å². The zero-order chi connectivity index (χ0) is 16.8. The molecule has 23 heavy (non-hydrogen) atoms. The number of nitrogens with one attached hydrogen (secondary N) is 1. The standard InChI is InChI=1S/C18H21NO4/c1-12(14-7-5-6-8-16(14)22-3)19-18(20)15-10-9-13(21-2)11-17(15)23-4/h5-12H,1-4H3,(H,19,20). The molecule has 2 rings (SSSR count). The van der Waals surface area contributed by atoms with Crippen molar-refractivity contribution < 1.29 is 19.0 Å². The van der Waals surface area contributed by atoms with Crippen LogP contribution in [0.3, 0.4) is 0 Å². The molecular weight excluding hydrogens is 294 g/mol. The van der Waals surface area contributed by atoms with Gasteiger partial charge in [-0.25, -0.2) is 0 Å². The third kappa shape index (κ3) is 3.74. The molecule has 5 heteroatoms. The number of para-hydroxylation sites is 1. The van der Waals surface area contributed by atoms with Crippen LogP contribution >= 0.6 is 0 Å². The Morgan fingerprint density at radius 3 is 2.30 bits per heavy atom. The molecule has 0 aliphatic rings. The molecule has 1 unspecified atom stereocenters. The van der Waals surface area contributed by atoms with E-state index in [0.717, 1.165) is 11.3 Å². The van der Waals surface area contributed by atoms with Crippen LogP contribution in [0.5, 0.6) is 17.2 Å². The van der Waals surface area contributed by atoms with Gasteiger partial charge in [0.25, 0.3) is 5.91 Å². The highest BCUT2D eigenvalue weighted by molar-refractivity contribution is 5.97. The quantitative estimate of drug-likeness (QED) is 0.889. The van der Waals surface area contributed by atoms with Gasteiger partial charge in [0.1, 0.15) is 17.2 Å². The molecule has 0 saturated heterocycles. The first-order chi connectivity index (χ1) is 11.1. The number of rotatable bonds is 6. The fraction of sp³-hybridized carbons (Fsp3) is 0.278. The fourth-order valence-electron chi connectivity index (χ4n) is 2.36. The van der Waals surface area contributed by atoms with E-state index in [1.54, 1.807) is 32.4 Å². The molecule has 0 radical (unpaired) electrons. The summed E-state index contributed by atoms with van der Waals surface area (Å²) in [5.41, 5.74) is 1.37. The topological polar surface area (TPSA) is 56.8 Å². The van der Waals surface area contributed by atoms with Gasteiger partial charge in [0.2, 0.25) is 0 Å². The SMILES string of the molecule is COc1ccc(C(=O)NC(C)c2ccccc2OC)c(OC)c1. The number of carbonyl (C=O) groups excluding carboxylic acids is 1. The number of ether oxygens (including phenoxy) is 3. The zero-order valence-electron chi connectivity index (χ0n) is 13.8. The summed E-state index contributed by atoms with van der Waals surface area (Å²) < 4.78 is 15.8. The number of amides is 1. The Balaban J connectivity index is 2.21. The predicted octanol–water partition coefficient (Wildman–Crippen LogP) is 3.20. The van der Waals surface area contributed by atoms with Gasteiger partial charge >= 0.3 is 0 Å². The molecule has 0 bridgehead atoms. The van der Waals surface area contributed by atoms with Crippen LogP contribution in [0.2, 0.25) is 0 Å². The largest absolute Gasteiger partial charge is 0.497 e. The maximum atomic E-state index is 12.5. The first-order valence-corrected chi connectivity index (χ1v) is 7.26. The number of hydrogen-bond donors (Lipinski definition) is 1. The summed E-state index contributed by atoms with van der Waals surface area (Å²) in [5.74, 6) is 1.62. The van der Waals surface area contributed by atoms with Crippen LogP contribution in [-0.4, -0.2) is 27.2 Å². The van der Waals surface area contributed by atoms with Gasteiger partial charge < -0.3 is 19.5 Å². The number of benzene rings is 2. The van der Waals surface area contributed by atoms with Gasteiger partial charge in [-0.15, -0.1) is 0 Å². The van der Waals surface area contributed by atoms with Crippen molar-refractivity contribution in [3.05, 3.63) is 53.6 Å². The molecule has 1 atom stereocenters. The Morgan fingerprint density at radius 1 is 0.957 bits per heavy atom. The van der Waals surface area contributed by atoms with Crippen LogP contribution in [0.15, 0.2) is 42.5 Å². The molecule has 0 spiro atoms. The van der Waals surface area contributed by atoms with E-state index in [2.05, 4.69) is 5.32 Å². The van der Waals surface area contributed by atoms with E-state index < -0.39 is 0 Å². The van der Waals surface area contributed by atoms with Crippen LogP contribution in [0.25, 0.3) is 0 Å². The van der Waals surface area contributed by atoms with Crippen molar-refractivity contribution in [2.75, 3.05) is 21.3 Å². The Morgan fingerprint density at radius 2 is 1.65 bits per heavy atom. The fourth-order valence-corrected chi connectivity index (χ4v) is 2.36. The van der Waals surface area contributed by atoms with Crippen LogP contribution in [0.4, 0.5) is 0 Å². The lowest BCUT2D eigenvalue weighted by molar-refractivity contribution is 0.0936. The summed E-state index contributed by atoms with van der Waals surface area (Å²) in [4.78, 5) is 12.5. The molecule has 2 aromatic rings. The number of methoxy groups -OCH3 is 3. The van der Waals surface area contributed by atoms with Crippen LogP contribution in [0.1, 0.15) is 28.9 Å². The Kier molecular flexibility index (Phi) is 5.46. The van der Waals surface area contributed by atoms with E-state index >= 15 is 0 Å². The molecule has 1 amide bonds. The molecule has 2 aromatic carbocycles. The van der Waals surface area contributed by atoms with Crippen molar-refractivity contribution in [2.45, 2.75) is 13.0 Å². The van der Waals surface area contributed by atoms with E-state index in [1.165, 1.54) is 7.11 Å². The van der Waals surface area contributed by atoms with Gasteiger partial charge in [0.05, 0.1) is 32.9 Å². The van der Waals surface area contributed by atoms with Crippen molar-refractivity contribution in [3.63, 3.8) is 0 Å². The Bertz CT molecular complexity index is 684. The Hall–Kier alpha value is -2.69. The maximum Gasteiger partial charge on any atom is 0.255 e. The van der Waals surface area contributed by atoms with E-state index in [-0.39, 0.29) is 11.9 Å². The van der Waals surface area contributed by atoms with Crippen LogP contribution in [0, 0.1) is 0 Å². The molecule has 0 aliphatic carbocycles. The normalized spacial score (nSPS) is 11.5. The molecule has 5 nitrogen and oxygen atoms in total.